The van der Waals surface area contributed by atoms with Crippen molar-refractivity contribution in [2.24, 2.45) is 5.73 Å². The third-order valence-electron chi connectivity index (χ3n) is 28.0. The fourth-order valence-corrected chi connectivity index (χ4v) is 21.5. The van der Waals surface area contributed by atoms with E-state index >= 15 is 0 Å². The van der Waals surface area contributed by atoms with Crippen molar-refractivity contribution in [2.45, 2.75) is 271 Å². The lowest BCUT2D eigenvalue weighted by Crippen LogP contribution is -2.57. The number of rotatable bonds is 33. The van der Waals surface area contributed by atoms with E-state index in [1.807, 2.05) is 0 Å². The molecule has 13 aliphatic rings. The molecule has 0 bridgehead atoms. The molecule has 44 nitrogen and oxygen atoms in total. The van der Waals surface area contributed by atoms with E-state index in [9.17, 15) is 101 Å². The van der Waals surface area contributed by atoms with Crippen molar-refractivity contribution in [1.82, 2.24) is 107 Å². The fourth-order valence-electron chi connectivity index (χ4n) is 21.5. The van der Waals surface area contributed by atoms with Crippen molar-refractivity contribution < 1.29 is 106 Å². The van der Waals surface area contributed by atoms with Crippen molar-refractivity contribution in [3.63, 3.8) is 0 Å². The first kappa shape index (κ1) is 95.4. The normalized spacial score (nSPS) is 26.9. The van der Waals surface area contributed by atoms with Crippen LogP contribution in [0.5, 0.6) is 0 Å². The summed E-state index contributed by atoms with van der Waals surface area (Å²) < 4.78 is 0. The van der Waals surface area contributed by atoms with E-state index in [1.54, 1.807) is 4.90 Å². The summed E-state index contributed by atoms with van der Waals surface area (Å²) in [5.41, 5.74) is 5.82. The average Bonchev–Trinajstić information content (AvgIpc) is 1.65. The first-order valence-corrected chi connectivity index (χ1v) is 46.6. The average molecular weight is 1810 g/mol. The van der Waals surface area contributed by atoms with Gasteiger partial charge in [0.2, 0.25) is 118 Å². The molecule has 14 atom stereocenters. The van der Waals surface area contributed by atoms with Crippen molar-refractivity contribution in [3.05, 3.63) is 0 Å². The standard InChI is InChI=1S/C85H126N22O22/c86-30-2-1-16-52(80(124)102-38-5-19-54(102)74(118)90-46-67(110)98-34-13-27-62(98)83(127)105-41-8-22-57(105)77(121)93-49-70(113)100-36-15-29-64(100)85(129)107-43-10-24-59(107)78(122)94-50-71(114)115)95-65(108)44-88-72(116)55-20-6-39-103(55)81(125)60-25-11-32-96(60)68(111)47-91-75(119)58-23-9-42-106(58)84(128)63-28-14-35-99(63)69(112)48-92-76(120)56-21-7-40-104(56)82(126)61-26-12-33-97(61)66(109)45-89-73(117)53-18-4-37-101(53)79(123)51-17-3-31-87-51/h51-64,87H,1-50,86H2,(H,88,116)(H,89,117)(H,90,118)(H,91,119)(H,92,120)(H,93,121)(H,94,122)(H,95,108)(H,114,115)/t51-,52-,53-,54-,55-,56-,57-,58-,59-,60-,61-,62-,63-,64-/m0/s1. The summed E-state index contributed by atoms with van der Waals surface area (Å²) in [4.78, 5) is 306. The van der Waals surface area contributed by atoms with Gasteiger partial charge in [-0.05, 0) is 199 Å². The minimum absolute atomic E-state index is 0.117. The molecule has 0 aromatic heterocycles. The van der Waals surface area contributed by atoms with Crippen LogP contribution in [0.3, 0.4) is 0 Å². The summed E-state index contributed by atoms with van der Waals surface area (Å²) in [6, 6.07) is -12.7. The van der Waals surface area contributed by atoms with Crippen molar-refractivity contribution in [1.29, 1.82) is 0 Å². The van der Waals surface area contributed by atoms with Gasteiger partial charge in [-0.2, -0.15) is 0 Å². The van der Waals surface area contributed by atoms with Crippen molar-refractivity contribution >= 4 is 124 Å². The SMILES string of the molecule is NCCCC[C@H](NC(=O)CNC(=O)[C@@H]1CCCN1C(=O)[C@@H]1CCCN1C(=O)CNC(=O)[C@@H]1CCCN1C(=O)[C@@H]1CCCN1C(=O)CNC(=O)[C@@H]1CCCN1C(=O)[C@@H]1CCCN1C(=O)CNC(=O)[C@@H]1CCCN1C(=O)[C@@H]1CCCN1)C(=O)N1CCC[C@H]1C(=O)NCC(=O)N1CCC[C@H]1C(=O)N1CCC[C@H]1C(=O)NCC(=O)N1CCC[C@H]1C(=O)N1CCC[C@H]1C(=O)NCC(=O)O. The Hall–Kier alpha value is -11.2. The molecule has 13 saturated heterocycles. The topological polar surface area (TPSA) is 552 Å². The second kappa shape index (κ2) is 43.9. The maximum absolute atomic E-state index is 14.5. The van der Waals surface area contributed by atoms with E-state index in [0.717, 1.165) is 13.0 Å². The maximum atomic E-state index is 14.5. The van der Waals surface area contributed by atoms with E-state index in [2.05, 4.69) is 47.9 Å². The van der Waals surface area contributed by atoms with Crippen LogP contribution in [0.1, 0.15) is 186 Å². The van der Waals surface area contributed by atoms with Gasteiger partial charge >= 0.3 is 5.97 Å². The highest BCUT2D eigenvalue weighted by Gasteiger charge is 2.51. The Kier molecular flexibility index (Phi) is 32.5. The van der Waals surface area contributed by atoms with Crippen LogP contribution in [-0.2, 0) is 101 Å². The van der Waals surface area contributed by atoms with Gasteiger partial charge in [0, 0.05) is 78.5 Å². The van der Waals surface area contributed by atoms with E-state index in [4.69, 9.17) is 10.8 Å². The van der Waals surface area contributed by atoms with Crippen LogP contribution in [0, 0.1) is 0 Å². The molecule has 0 unspecified atom stereocenters. The second-order valence-corrected chi connectivity index (χ2v) is 36.0. The highest BCUT2D eigenvalue weighted by Crippen LogP contribution is 2.33. The summed E-state index contributed by atoms with van der Waals surface area (Å²) in [5, 5.41) is 33.2. The zero-order chi connectivity index (χ0) is 91.9. The largest absolute Gasteiger partial charge is 0.480 e. The third-order valence-corrected chi connectivity index (χ3v) is 28.0. The van der Waals surface area contributed by atoms with Gasteiger partial charge in [0.05, 0.1) is 45.3 Å². The number of carboxylic acid groups (broad SMARTS) is 1. The van der Waals surface area contributed by atoms with Crippen LogP contribution >= 0.6 is 0 Å². The summed E-state index contributed by atoms with van der Waals surface area (Å²) in [6.45, 7) is 0.119. The zero-order valence-electron chi connectivity index (χ0n) is 73.4. The number of unbranched alkanes of at least 4 members (excludes halogenated alkanes) is 1. The number of carboxylic acids is 1. The highest BCUT2D eigenvalue weighted by molar-refractivity contribution is 6.02. The molecule has 0 aromatic carbocycles. The quantitative estimate of drug-likeness (QED) is 0.0272. The Morgan fingerprint density at radius 3 is 0.760 bits per heavy atom. The molecule has 0 aliphatic carbocycles. The van der Waals surface area contributed by atoms with E-state index in [-0.39, 0.29) is 148 Å². The number of amides is 20. The second-order valence-electron chi connectivity index (χ2n) is 36.0. The first-order chi connectivity index (χ1) is 62.1. The van der Waals surface area contributed by atoms with Gasteiger partial charge in [-0.3, -0.25) is 101 Å². The molecule has 12 N–H and O–H groups in total. The van der Waals surface area contributed by atoms with Crippen LogP contribution in [0.2, 0.25) is 0 Å². The lowest BCUT2D eigenvalue weighted by Gasteiger charge is -2.32. The summed E-state index contributed by atoms with van der Waals surface area (Å²) >= 11 is 0. The number of aliphatic carboxylic acids is 1. The monoisotopic (exact) mass is 1810 g/mol. The molecule has 20 amide bonds. The van der Waals surface area contributed by atoms with Crippen molar-refractivity contribution in [3.8, 4) is 0 Å². The highest BCUT2D eigenvalue weighted by atomic mass is 16.4. The lowest BCUT2D eigenvalue weighted by atomic mass is 10.1. The molecule has 13 aliphatic heterocycles. The van der Waals surface area contributed by atoms with Gasteiger partial charge < -0.3 is 117 Å². The van der Waals surface area contributed by atoms with E-state index < -0.39 is 236 Å². The first-order valence-electron chi connectivity index (χ1n) is 46.6. The predicted octanol–water partition coefficient (Wildman–Crippen LogP) is -6.86. The van der Waals surface area contributed by atoms with Crippen LogP contribution in [0.4, 0.5) is 0 Å². The number of carbonyl (C=O) groups excluding carboxylic acids is 20. The number of nitrogens with one attached hydrogen (secondary N) is 9. The van der Waals surface area contributed by atoms with E-state index in [1.165, 1.54) is 53.9 Å². The summed E-state index contributed by atoms with van der Waals surface area (Å²) in [5.74, 6) is -11.8. The molecule has 13 heterocycles. The molecular formula is C85H126N22O22. The lowest BCUT2D eigenvalue weighted by molar-refractivity contribution is -0.148. The molecule has 13 rings (SSSR count). The molecule has 0 radical (unpaired) electrons. The number of likely N-dealkylation sites (tertiary alicyclic amines) is 12. The molecule has 13 fully saturated rings. The number of nitrogens with two attached hydrogens (primary N) is 1. The van der Waals surface area contributed by atoms with Crippen molar-refractivity contribution in [2.75, 3.05) is 137 Å². The molecule has 708 valence electrons. The molecular weight excluding hydrogens is 1680 g/mol. The third kappa shape index (κ3) is 22.1. The Balaban J connectivity index is 0.523. The van der Waals surface area contributed by atoms with Gasteiger partial charge in [-0.25, -0.2) is 0 Å². The molecule has 0 aromatic rings. The van der Waals surface area contributed by atoms with Crippen LogP contribution in [0.15, 0.2) is 0 Å². The van der Waals surface area contributed by atoms with Gasteiger partial charge in [0.1, 0.15) is 85.1 Å². The molecule has 44 heteroatoms. The Bertz CT molecular complexity index is 4300. The molecule has 0 saturated carbocycles. The Labute approximate surface area is 747 Å². The van der Waals surface area contributed by atoms with Crippen LogP contribution < -0.4 is 53.6 Å². The van der Waals surface area contributed by atoms with Gasteiger partial charge in [-0.1, -0.05) is 0 Å². The minimum atomic E-state index is -1.24. The number of hydrogen-bond acceptors (Lipinski definition) is 23. The summed E-state index contributed by atoms with van der Waals surface area (Å²) in [6.07, 6.45) is 11.9. The van der Waals surface area contributed by atoms with E-state index in [0.29, 0.717) is 135 Å². The predicted molar refractivity (Wildman–Crippen MR) is 451 cm³/mol. The Morgan fingerprint density at radius 1 is 0.271 bits per heavy atom. The number of nitrogens with zero attached hydrogens (tertiary/aromatic N) is 12. The summed E-state index contributed by atoms with van der Waals surface area (Å²) in [7, 11) is 0. The van der Waals surface area contributed by atoms with Gasteiger partial charge in [0.25, 0.3) is 0 Å². The van der Waals surface area contributed by atoms with Crippen LogP contribution in [0.25, 0.3) is 0 Å². The van der Waals surface area contributed by atoms with Gasteiger partial charge in [-0.15, -0.1) is 0 Å². The number of carbonyl (C=O) groups is 21. The number of hydrogen-bond donors (Lipinski definition) is 11. The minimum Gasteiger partial charge on any atom is -0.480 e. The molecule has 0 spiro atoms. The smallest absolute Gasteiger partial charge is 0.322 e. The van der Waals surface area contributed by atoms with Gasteiger partial charge in [0.15, 0.2) is 0 Å². The van der Waals surface area contributed by atoms with Crippen LogP contribution in [-0.4, -0.2) is 410 Å². The zero-order valence-corrected chi connectivity index (χ0v) is 73.4. The fraction of sp³-hybridized carbons (Fsp3) is 0.753. The maximum Gasteiger partial charge on any atom is 0.322 e. The Morgan fingerprint density at radius 2 is 0.504 bits per heavy atom. The molecule has 129 heavy (non-hydrogen) atoms.